The van der Waals surface area contributed by atoms with Crippen molar-refractivity contribution in [2.75, 3.05) is 6.61 Å². The lowest BCUT2D eigenvalue weighted by Gasteiger charge is -2.09. The summed E-state index contributed by atoms with van der Waals surface area (Å²) in [5, 5.41) is 0. The van der Waals surface area contributed by atoms with Gasteiger partial charge in [0.15, 0.2) is 0 Å². The second-order valence-corrected chi connectivity index (χ2v) is 8.11. The number of esters is 2. The van der Waals surface area contributed by atoms with Crippen LogP contribution in [0.15, 0.2) is 24.3 Å². The van der Waals surface area contributed by atoms with Gasteiger partial charge in [0, 0.05) is 12.8 Å². The van der Waals surface area contributed by atoms with Crippen molar-refractivity contribution >= 4 is 11.9 Å². The van der Waals surface area contributed by atoms with E-state index >= 15 is 0 Å². The van der Waals surface area contributed by atoms with E-state index in [1.165, 1.54) is 43.5 Å². The highest BCUT2D eigenvalue weighted by atomic mass is 19.4. The molecule has 1 aromatic carbocycles. The molecular weight excluding hydrogens is 437 g/mol. The van der Waals surface area contributed by atoms with Crippen LogP contribution in [0.3, 0.4) is 0 Å². The van der Waals surface area contributed by atoms with E-state index in [0.29, 0.717) is 25.0 Å². The molecule has 0 aliphatic heterocycles. The number of hydrogen-bond donors (Lipinski definition) is 0. The second kappa shape index (κ2) is 17.3. The van der Waals surface area contributed by atoms with Gasteiger partial charge in [0.1, 0.15) is 12.4 Å². The summed E-state index contributed by atoms with van der Waals surface area (Å²) in [6.07, 6.45) is 7.13. The fraction of sp³-hybridized carbons (Fsp3) is 0.680. The third-order valence-electron chi connectivity index (χ3n) is 5.08. The second-order valence-electron chi connectivity index (χ2n) is 8.11. The molecule has 0 fully saturated rings. The number of carbonyl (C=O) groups excluding carboxylic acids is 2. The van der Waals surface area contributed by atoms with E-state index in [0.717, 1.165) is 51.4 Å². The van der Waals surface area contributed by atoms with Gasteiger partial charge in [-0.2, -0.15) is 0 Å². The summed E-state index contributed by atoms with van der Waals surface area (Å²) in [5.74, 6) is -0.758. The molecule has 1 rings (SSSR count). The third kappa shape index (κ3) is 17.0. The minimum Gasteiger partial charge on any atom is -0.466 e. The monoisotopic (exact) mass is 474 g/mol. The first-order valence-corrected chi connectivity index (χ1v) is 12.0. The maximum absolute atomic E-state index is 12.1. The summed E-state index contributed by atoms with van der Waals surface area (Å²) < 4.78 is 50.6. The first-order valence-electron chi connectivity index (χ1n) is 12.0. The maximum Gasteiger partial charge on any atom is 0.573 e. The van der Waals surface area contributed by atoms with Gasteiger partial charge in [0.25, 0.3) is 0 Å². The third-order valence-corrected chi connectivity index (χ3v) is 5.08. The molecule has 33 heavy (non-hydrogen) atoms. The van der Waals surface area contributed by atoms with Crippen molar-refractivity contribution in [1.29, 1.82) is 0 Å². The Morgan fingerprint density at radius 1 is 0.727 bits per heavy atom. The van der Waals surface area contributed by atoms with Crippen molar-refractivity contribution < 1.29 is 37.0 Å². The number of ether oxygens (including phenoxy) is 3. The molecule has 0 aliphatic carbocycles. The first-order chi connectivity index (χ1) is 15.8. The molecule has 1 aromatic rings. The highest BCUT2D eigenvalue weighted by Crippen LogP contribution is 2.23. The molecule has 188 valence electrons. The minimum atomic E-state index is -4.73. The van der Waals surface area contributed by atoms with Gasteiger partial charge in [0.2, 0.25) is 0 Å². The van der Waals surface area contributed by atoms with Crippen LogP contribution < -0.4 is 4.74 Å². The zero-order chi connectivity index (χ0) is 24.4. The van der Waals surface area contributed by atoms with Crippen molar-refractivity contribution in [3.05, 3.63) is 29.8 Å². The van der Waals surface area contributed by atoms with Gasteiger partial charge in [-0.1, -0.05) is 70.4 Å². The molecule has 0 radical (unpaired) electrons. The molecule has 5 nitrogen and oxygen atoms in total. The predicted molar refractivity (Wildman–Crippen MR) is 120 cm³/mol. The Morgan fingerprint density at radius 3 is 1.82 bits per heavy atom. The summed E-state index contributed by atoms with van der Waals surface area (Å²) in [5.41, 5.74) is 0.591. The molecule has 0 saturated carbocycles. The molecule has 0 aliphatic rings. The molecule has 0 bridgehead atoms. The van der Waals surface area contributed by atoms with E-state index in [-0.39, 0.29) is 24.3 Å². The molecule has 0 spiro atoms. The lowest BCUT2D eigenvalue weighted by Crippen LogP contribution is -2.17. The Hall–Kier alpha value is -2.25. The summed E-state index contributed by atoms with van der Waals surface area (Å²) in [4.78, 5) is 23.4. The first kappa shape index (κ1) is 28.8. The maximum atomic E-state index is 12.1. The van der Waals surface area contributed by atoms with Gasteiger partial charge >= 0.3 is 18.3 Å². The topological polar surface area (TPSA) is 61.8 Å². The molecule has 0 aromatic heterocycles. The summed E-state index contributed by atoms with van der Waals surface area (Å²) >= 11 is 0. The molecule has 0 saturated heterocycles. The largest absolute Gasteiger partial charge is 0.573 e. The van der Waals surface area contributed by atoms with Crippen LogP contribution in [0.5, 0.6) is 5.75 Å². The van der Waals surface area contributed by atoms with Crippen molar-refractivity contribution in [2.45, 2.75) is 103 Å². The SMILES string of the molecule is CCCCCCCOC(=O)CCCCCCCCC(=O)OCc1ccc(OC(F)(F)F)cc1. The van der Waals surface area contributed by atoms with E-state index in [9.17, 15) is 22.8 Å². The van der Waals surface area contributed by atoms with Crippen LogP contribution in [-0.4, -0.2) is 24.9 Å². The van der Waals surface area contributed by atoms with E-state index in [1.54, 1.807) is 0 Å². The smallest absolute Gasteiger partial charge is 0.466 e. The van der Waals surface area contributed by atoms with E-state index in [4.69, 9.17) is 9.47 Å². The summed E-state index contributed by atoms with van der Waals surface area (Å²) in [7, 11) is 0. The molecule has 0 amide bonds. The fourth-order valence-corrected chi connectivity index (χ4v) is 3.23. The van der Waals surface area contributed by atoms with Crippen LogP contribution in [0.25, 0.3) is 0 Å². The standard InChI is InChI=1S/C25H37F3O5/c1-2-3-4-9-12-19-31-23(29)13-10-7-5-6-8-11-14-24(30)32-20-21-15-17-22(18-16-21)33-25(26,27)28/h15-18H,2-14,19-20H2,1H3. The molecule has 8 heteroatoms. The van der Waals surface area contributed by atoms with Crippen molar-refractivity contribution in [3.8, 4) is 5.75 Å². The number of carbonyl (C=O) groups is 2. The molecule has 0 heterocycles. The van der Waals surface area contributed by atoms with Crippen LogP contribution in [-0.2, 0) is 25.7 Å². The van der Waals surface area contributed by atoms with Gasteiger partial charge in [-0.15, -0.1) is 13.2 Å². The molecule has 0 unspecified atom stereocenters. The van der Waals surface area contributed by atoms with Crippen LogP contribution in [0.2, 0.25) is 0 Å². The van der Waals surface area contributed by atoms with Gasteiger partial charge in [-0.25, -0.2) is 0 Å². The Balaban J connectivity index is 1.96. The zero-order valence-electron chi connectivity index (χ0n) is 19.6. The average molecular weight is 475 g/mol. The fourth-order valence-electron chi connectivity index (χ4n) is 3.23. The lowest BCUT2D eigenvalue weighted by molar-refractivity contribution is -0.274. The highest BCUT2D eigenvalue weighted by Gasteiger charge is 2.30. The normalized spacial score (nSPS) is 11.3. The van der Waals surface area contributed by atoms with Crippen molar-refractivity contribution in [1.82, 2.24) is 0 Å². The predicted octanol–water partition coefficient (Wildman–Crippen LogP) is 7.26. The van der Waals surface area contributed by atoms with Gasteiger partial charge in [0.05, 0.1) is 6.61 Å². The Bertz CT molecular complexity index is 659. The Kier molecular flexibility index (Phi) is 15.1. The lowest BCUT2D eigenvalue weighted by atomic mass is 10.1. The molecule has 0 N–H and O–H groups in total. The molecule has 0 atom stereocenters. The highest BCUT2D eigenvalue weighted by molar-refractivity contribution is 5.69. The van der Waals surface area contributed by atoms with E-state index in [1.807, 2.05) is 0 Å². The van der Waals surface area contributed by atoms with Crippen LogP contribution >= 0.6 is 0 Å². The number of halogens is 3. The Morgan fingerprint density at radius 2 is 1.24 bits per heavy atom. The number of rotatable bonds is 18. The average Bonchev–Trinajstić information content (AvgIpc) is 2.76. The number of unbranched alkanes of at least 4 members (excludes halogenated alkanes) is 9. The van der Waals surface area contributed by atoms with Crippen LogP contribution in [0.4, 0.5) is 13.2 Å². The van der Waals surface area contributed by atoms with Crippen LogP contribution in [0.1, 0.15) is 96.0 Å². The summed E-state index contributed by atoms with van der Waals surface area (Å²) in [6, 6.07) is 5.23. The zero-order valence-corrected chi connectivity index (χ0v) is 19.6. The van der Waals surface area contributed by atoms with Gasteiger partial charge in [-0.3, -0.25) is 9.59 Å². The van der Waals surface area contributed by atoms with E-state index < -0.39 is 6.36 Å². The van der Waals surface area contributed by atoms with E-state index in [2.05, 4.69) is 11.7 Å². The van der Waals surface area contributed by atoms with Gasteiger partial charge < -0.3 is 14.2 Å². The van der Waals surface area contributed by atoms with Crippen molar-refractivity contribution in [2.24, 2.45) is 0 Å². The van der Waals surface area contributed by atoms with Crippen LogP contribution in [0, 0.1) is 0 Å². The van der Waals surface area contributed by atoms with Gasteiger partial charge in [-0.05, 0) is 37.0 Å². The minimum absolute atomic E-state index is 0.0139. The molecular formula is C25H37F3O5. The summed E-state index contributed by atoms with van der Waals surface area (Å²) in [6.45, 7) is 2.71. The number of benzene rings is 1. The van der Waals surface area contributed by atoms with Crippen molar-refractivity contribution in [3.63, 3.8) is 0 Å². The Labute approximate surface area is 195 Å². The number of hydrogen-bond acceptors (Lipinski definition) is 5. The number of alkyl halides is 3. The quantitative estimate of drug-likeness (QED) is 0.165.